The Hall–Kier alpha value is -3.64. The smallest absolute Gasteiger partial charge is 0.329 e. The number of anilines is 1. The molecule has 0 radical (unpaired) electrons. The van der Waals surface area contributed by atoms with Crippen molar-refractivity contribution < 1.29 is 14.3 Å². The fourth-order valence-electron chi connectivity index (χ4n) is 2.57. The number of nitrogens with one attached hydrogen (secondary N) is 2. The number of para-hydroxylation sites is 1. The molecule has 0 aliphatic heterocycles. The van der Waals surface area contributed by atoms with Crippen LogP contribution in [0.4, 0.5) is 5.69 Å². The van der Waals surface area contributed by atoms with Gasteiger partial charge >= 0.3 is 11.8 Å². The quantitative estimate of drug-likeness (QED) is 0.353. The first-order chi connectivity index (χ1) is 14.5. The normalized spacial score (nSPS) is 10.6. The number of hydrogen-bond acceptors (Lipinski definition) is 4. The summed E-state index contributed by atoms with van der Waals surface area (Å²) >= 11 is 5.92. The highest BCUT2D eigenvalue weighted by molar-refractivity contribution is 6.40. The number of carbonyl (C=O) groups is 2. The third-order valence-electron chi connectivity index (χ3n) is 4.18. The van der Waals surface area contributed by atoms with Crippen LogP contribution in [-0.2, 0) is 16.2 Å². The van der Waals surface area contributed by atoms with Gasteiger partial charge in [-0.25, -0.2) is 5.43 Å². The van der Waals surface area contributed by atoms with Crippen LogP contribution < -0.4 is 15.5 Å². The van der Waals surface area contributed by atoms with Gasteiger partial charge < -0.3 is 10.1 Å². The molecule has 0 unspecified atom stereocenters. The summed E-state index contributed by atoms with van der Waals surface area (Å²) in [5.41, 5.74) is 5.17. The van der Waals surface area contributed by atoms with Crippen molar-refractivity contribution >= 4 is 35.3 Å². The van der Waals surface area contributed by atoms with E-state index in [-0.39, 0.29) is 0 Å². The standard InChI is InChI=1S/C23H20ClN3O3/c1-16-11-12-19(24)13-20(16)26-22(28)23(29)27-25-14-18-9-5-6-10-21(18)30-15-17-7-3-2-4-8-17/h2-14H,15H2,1H3,(H,26,28)(H,27,29). The van der Waals surface area contributed by atoms with E-state index in [9.17, 15) is 9.59 Å². The minimum Gasteiger partial charge on any atom is -0.488 e. The maximum Gasteiger partial charge on any atom is 0.329 e. The van der Waals surface area contributed by atoms with Crippen LogP contribution >= 0.6 is 11.6 Å². The first-order valence-electron chi connectivity index (χ1n) is 9.19. The van der Waals surface area contributed by atoms with Crippen molar-refractivity contribution in [1.82, 2.24) is 5.43 Å². The van der Waals surface area contributed by atoms with Gasteiger partial charge in [0.25, 0.3) is 0 Å². The van der Waals surface area contributed by atoms with Crippen molar-refractivity contribution in [2.45, 2.75) is 13.5 Å². The molecule has 7 heteroatoms. The molecule has 3 aromatic carbocycles. The number of hydrazone groups is 1. The van der Waals surface area contributed by atoms with Gasteiger partial charge in [-0.15, -0.1) is 0 Å². The van der Waals surface area contributed by atoms with E-state index in [0.29, 0.717) is 28.6 Å². The molecule has 2 amide bonds. The van der Waals surface area contributed by atoms with Crippen molar-refractivity contribution in [3.05, 3.63) is 94.5 Å². The maximum absolute atomic E-state index is 12.1. The van der Waals surface area contributed by atoms with Crippen molar-refractivity contribution in [3.8, 4) is 5.75 Å². The average Bonchev–Trinajstić information content (AvgIpc) is 2.76. The number of amides is 2. The zero-order valence-electron chi connectivity index (χ0n) is 16.3. The SMILES string of the molecule is Cc1ccc(Cl)cc1NC(=O)C(=O)NN=Cc1ccccc1OCc1ccccc1. The van der Waals surface area contributed by atoms with Gasteiger partial charge in [-0.2, -0.15) is 5.10 Å². The number of halogens is 1. The molecule has 152 valence electrons. The first-order valence-corrected chi connectivity index (χ1v) is 9.57. The fourth-order valence-corrected chi connectivity index (χ4v) is 2.75. The van der Waals surface area contributed by atoms with Gasteiger partial charge in [0.05, 0.1) is 6.21 Å². The molecule has 0 bridgehead atoms. The summed E-state index contributed by atoms with van der Waals surface area (Å²) in [5.74, 6) is -1.13. The molecule has 0 spiro atoms. The largest absolute Gasteiger partial charge is 0.488 e. The highest BCUT2D eigenvalue weighted by Crippen LogP contribution is 2.20. The number of ether oxygens (including phenoxy) is 1. The monoisotopic (exact) mass is 421 g/mol. The summed E-state index contributed by atoms with van der Waals surface area (Å²) in [7, 11) is 0. The minimum atomic E-state index is -0.895. The summed E-state index contributed by atoms with van der Waals surface area (Å²) in [6, 6.07) is 22.1. The number of hydrogen-bond donors (Lipinski definition) is 2. The number of carbonyl (C=O) groups excluding carboxylic acids is 2. The van der Waals surface area contributed by atoms with Gasteiger partial charge in [-0.3, -0.25) is 9.59 Å². The lowest BCUT2D eigenvalue weighted by molar-refractivity contribution is -0.136. The summed E-state index contributed by atoms with van der Waals surface area (Å²) in [6.07, 6.45) is 1.43. The molecule has 0 fully saturated rings. The van der Waals surface area contributed by atoms with E-state index in [2.05, 4.69) is 15.8 Å². The molecular formula is C23H20ClN3O3. The van der Waals surface area contributed by atoms with E-state index in [1.165, 1.54) is 6.21 Å². The van der Waals surface area contributed by atoms with Crippen LogP contribution in [0.1, 0.15) is 16.7 Å². The van der Waals surface area contributed by atoms with Crippen LogP contribution in [0.2, 0.25) is 5.02 Å². The number of nitrogens with zero attached hydrogens (tertiary/aromatic N) is 1. The lowest BCUT2D eigenvalue weighted by Crippen LogP contribution is -2.32. The average molecular weight is 422 g/mol. The Kier molecular flexibility index (Phi) is 7.19. The zero-order valence-corrected chi connectivity index (χ0v) is 17.0. The number of rotatable bonds is 6. The topological polar surface area (TPSA) is 79.8 Å². The fraction of sp³-hybridized carbons (Fsp3) is 0.0870. The Morgan fingerprint density at radius 2 is 1.73 bits per heavy atom. The van der Waals surface area contributed by atoms with Gasteiger partial charge in [-0.05, 0) is 42.3 Å². The first kappa shape index (κ1) is 21.1. The predicted molar refractivity (Wildman–Crippen MR) is 118 cm³/mol. The predicted octanol–water partition coefficient (Wildman–Crippen LogP) is 4.32. The Bertz CT molecular complexity index is 1070. The molecule has 3 rings (SSSR count). The van der Waals surface area contributed by atoms with E-state index >= 15 is 0 Å². The molecule has 0 saturated carbocycles. The van der Waals surface area contributed by atoms with Gasteiger partial charge in [0.15, 0.2) is 0 Å². The van der Waals surface area contributed by atoms with E-state index in [1.807, 2.05) is 42.5 Å². The zero-order chi connectivity index (χ0) is 21.3. The van der Waals surface area contributed by atoms with Crippen LogP contribution in [0.15, 0.2) is 77.9 Å². The molecule has 30 heavy (non-hydrogen) atoms. The molecule has 2 N–H and O–H groups in total. The third kappa shape index (κ3) is 5.93. The van der Waals surface area contributed by atoms with Gasteiger partial charge in [0.1, 0.15) is 12.4 Å². The molecule has 0 aromatic heterocycles. The van der Waals surface area contributed by atoms with Gasteiger partial charge in [0.2, 0.25) is 0 Å². The molecule has 0 heterocycles. The third-order valence-corrected chi connectivity index (χ3v) is 4.42. The van der Waals surface area contributed by atoms with Crippen molar-refractivity contribution in [3.63, 3.8) is 0 Å². The second-order valence-corrected chi connectivity index (χ2v) is 6.86. The molecule has 0 atom stereocenters. The van der Waals surface area contributed by atoms with Crippen LogP contribution in [0.5, 0.6) is 5.75 Å². The Morgan fingerprint density at radius 1 is 1.00 bits per heavy atom. The lowest BCUT2D eigenvalue weighted by Gasteiger charge is -2.09. The van der Waals surface area contributed by atoms with Crippen molar-refractivity contribution in [1.29, 1.82) is 0 Å². The highest BCUT2D eigenvalue weighted by Gasteiger charge is 2.14. The lowest BCUT2D eigenvalue weighted by atomic mass is 10.2. The minimum absolute atomic E-state index is 0.402. The number of aryl methyl sites for hydroxylation is 1. The molecule has 6 nitrogen and oxygen atoms in total. The van der Waals surface area contributed by atoms with E-state index < -0.39 is 11.8 Å². The second-order valence-electron chi connectivity index (χ2n) is 6.42. The van der Waals surface area contributed by atoms with Crippen LogP contribution in [0.3, 0.4) is 0 Å². The Balaban J connectivity index is 1.58. The molecular weight excluding hydrogens is 402 g/mol. The van der Waals surface area contributed by atoms with Crippen molar-refractivity contribution in [2.24, 2.45) is 5.10 Å². The van der Waals surface area contributed by atoms with Crippen LogP contribution in [0, 0.1) is 6.92 Å². The Morgan fingerprint density at radius 3 is 2.53 bits per heavy atom. The van der Waals surface area contributed by atoms with Gasteiger partial charge in [-0.1, -0.05) is 60.1 Å². The summed E-state index contributed by atoms with van der Waals surface area (Å²) in [4.78, 5) is 24.1. The van der Waals surface area contributed by atoms with E-state index in [1.54, 1.807) is 37.3 Å². The molecule has 3 aromatic rings. The van der Waals surface area contributed by atoms with Crippen molar-refractivity contribution in [2.75, 3.05) is 5.32 Å². The van der Waals surface area contributed by atoms with Crippen LogP contribution in [-0.4, -0.2) is 18.0 Å². The summed E-state index contributed by atoms with van der Waals surface area (Å²) in [5, 5.41) is 6.84. The highest BCUT2D eigenvalue weighted by atomic mass is 35.5. The molecule has 0 aliphatic carbocycles. The van der Waals surface area contributed by atoms with Crippen LogP contribution in [0.25, 0.3) is 0 Å². The summed E-state index contributed by atoms with van der Waals surface area (Å²) < 4.78 is 5.84. The van der Waals surface area contributed by atoms with E-state index in [4.69, 9.17) is 16.3 Å². The summed E-state index contributed by atoms with van der Waals surface area (Å²) in [6.45, 7) is 2.20. The molecule has 0 saturated heterocycles. The molecule has 0 aliphatic rings. The second kappa shape index (κ2) is 10.2. The van der Waals surface area contributed by atoms with Gasteiger partial charge in [0, 0.05) is 16.3 Å². The number of benzene rings is 3. The maximum atomic E-state index is 12.1. The Labute approximate surface area is 179 Å². The van der Waals surface area contributed by atoms with E-state index in [0.717, 1.165) is 11.1 Å².